The Balaban J connectivity index is 1.52. The van der Waals surface area contributed by atoms with Crippen LogP contribution >= 0.6 is 0 Å². The standard InChI is InChI=1S/C24H25FN4O2/c1-15-10-17(4-5-18(15)13-30)21-12-23(28-14-27-21)26-8-9-29-16(2)11-19-22(31-3)7-6-20(25)24(19)29/h4-7,10-12,14,30H,8-9,13H2,1-3H3,(H,26,27,28). The van der Waals surface area contributed by atoms with E-state index < -0.39 is 0 Å². The Labute approximate surface area is 180 Å². The molecule has 0 amide bonds. The van der Waals surface area contributed by atoms with Gasteiger partial charge in [-0.15, -0.1) is 0 Å². The smallest absolute Gasteiger partial charge is 0.147 e. The van der Waals surface area contributed by atoms with Gasteiger partial charge in [0.1, 0.15) is 23.7 Å². The van der Waals surface area contributed by atoms with E-state index in [4.69, 9.17) is 4.74 Å². The number of ether oxygens (including phenoxy) is 1. The molecular formula is C24H25FN4O2. The van der Waals surface area contributed by atoms with E-state index in [1.54, 1.807) is 13.2 Å². The second-order valence-corrected chi connectivity index (χ2v) is 7.46. The van der Waals surface area contributed by atoms with Crippen molar-refractivity contribution < 1.29 is 14.2 Å². The number of rotatable bonds is 7. The summed E-state index contributed by atoms with van der Waals surface area (Å²) in [4.78, 5) is 8.67. The van der Waals surface area contributed by atoms with Gasteiger partial charge in [0, 0.05) is 35.8 Å². The number of aliphatic hydroxyl groups is 1. The van der Waals surface area contributed by atoms with Gasteiger partial charge in [-0.05, 0) is 49.2 Å². The second-order valence-electron chi connectivity index (χ2n) is 7.46. The molecule has 2 heterocycles. The average molecular weight is 420 g/mol. The van der Waals surface area contributed by atoms with E-state index in [1.807, 2.05) is 48.7 Å². The zero-order valence-corrected chi connectivity index (χ0v) is 17.8. The van der Waals surface area contributed by atoms with Crippen LogP contribution in [0.1, 0.15) is 16.8 Å². The normalized spacial score (nSPS) is 11.1. The first-order chi connectivity index (χ1) is 15.0. The fourth-order valence-electron chi connectivity index (χ4n) is 3.85. The van der Waals surface area contributed by atoms with Crippen LogP contribution in [0, 0.1) is 19.7 Å². The molecule has 0 saturated carbocycles. The minimum atomic E-state index is -0.269. The van der Waals surface area contributed by atoms with E-state index in [0.717, 1.165) is 33.5 Å². The van der Waals surface area contributed by atoms with E-state index in [0.29, 0.717) is 30.2 Å². The maximum Gasteiger partial charge on any atom is 0.147 e. The first-order valence-electron chi connectivity index (χ1n) is 10.1. The van der Waals surface area contributed by atoms with Gasteiger partial charge in [-0.1, -0.05) is 12.1 Å². The molecule has 0 atom stereocenters. The Morgan fingerprint density at radius 2 is 1.94 bits per heavy atom. The van der Waals surface area contributed by atoms with Crippen LogP contribution in [-0.2, 0) is 13.2 Å². The highest BCUT2D eigenvalue weighted by atomic mass is 19.1. The third-order valence-electron chi connectivity index (χ3n) is 5.51. The second kappa shape index (κ2) is 8.73. The van der Waals surface area contributed by atoms with E-state index in [1.165, 1.54) is 12.4 Å². The van der Waals surface area contributed by atoms with Crippen molar-refractivity contribution in [3.63, 3.8) is 0 Å². The minimum Gasteiger partial charge on any atom is -0.496 e. The first kappa shape index (κ1) is 20.8. The van der Waals surface area contributed by atoms with Crippen molar-refractivity contribution in [2.24, 2.45) is 0 Å². The number of nitrogens with one attached hydrogen (secondary N) is 1. The molecule has 0 unspecified atom stereocenters. The van der Waals surface area contributed by atoms with Crippen LogP contribution in [0.5, 0.6) is 5.75 Å². The molecule has 31 heavy (non-hydrogen) atoms. The van der Waals surface area contributed by atoms with Crippen molar-refractivity contribution in [2.75, 3.05) is 19.0 Å². The molecule has 0 aliphatic carbocycles. The van der Waals surface area contributed by atoms with Gasteiger partial charge in [-0.3, -0.25) is 0 Å². The van der Waals surface area contributed by atoms with Gasteiger partial charge >= 0.3 is 0 Å². The van der Waals surface area contributed by atoms with Crippen LogP contribution in [0.3, 0.4) is 0 Å². The summed E-state index contributed by atoms with van der Waals surface area (Å²) in [6.45, 7) is 5.08. The van der Waals surface area contributed by atoms with Crippen LogP contribution in [0.2, 0.25) is 0 Å². The highest BCUT2D eigenvalue weighted by molar-refractivity contribution is 5.88. The number of anilines is 1. The fraction of sp³-hybridized carbons (Fsp3) is 0.250. The summed E-state index contributed by atoms with van der Waals surface area (Å²) in [6, 6.07) is 12.8. The Morgan fingerprint density at radius 3 is 2.68 bits per heavy atom. The van der Waals surface area contributed by atoms with Crippen molar-refractivity contribution >= 4 is 16.7 Å². The fourth-order valence-corrected chi connectivity index (χ4v) is 3.85. The first-order valence-corrected chi connectivity index (χ1v) is 10.1. The number of halogens is 1. The Kier molecular flexibility index (Phi) is 5.86. The molecule has 0 bridgehead atoms. The quantitative estimate of drug-likeness (QED) is 0.462. The van der Waals surface area contributed by atoms with Gasteiger partial charge in [0.25, 0.3) is 0 Å². The van der Waals surface area contributed by atoms with Crippen LogP contribution in [0.25, 0.3) is 22.2 Å². The molecule has 0 radical (unpaired) electrons. The zero-order chi connectivity index (χ0) is 22.0. The number of aliphatic hydroxyl groups excluding tert-OH is 1. The lowest BCUT2D eigenvalue weighted by Crippen LogP contribution is -2.13. The van der Waals surface area contributed by atoms with Crippen LogP contribution < -0.4 is 10.1 Å². The van der Waals surface area contributed by atoms with E-state index in [2.05, 4.69) is 15.3 Å². The van der Waals surface area contributed by atoms with Crippen LogP contribution in [0.15, 0.2) is 48.8 Å². The van der Waals surface area contributed by atoms with E-state index in [9.17, 15) is 9.50 Å². The molecule has 160 valence electrons. The lowest BCUT2D eigenvalue weighted by Gasteiger charge is -2.12. The average Bonchev–Trinajstić information content (AvgIpc) is 3.11. The summed E-state index contributed by atoms with van der Waals surface area (Å²) in [7, 11) is 1.59. The lowest BCUT2D eigenvalue weighted by molar-refractivity contribution is 0.281. The molecule has 4 aromatic rings. The topological polar surface area (TPSA) is 72.2 Å². The molecule has 7 heteroatoms. The monoisotopic (exact) mass is 420 g/mol. The van der Waals surface area contributed by atoms with Crippen molar-refractivity contribution in [3.8, 4) is 17.0 Å². The third-order valence-corrected chi connectivity index (χ3v) is 5.51. The minimum absolute atomic E-state index is 0.0165. The SMILES string of the molecule is COc1ccc(F)c2c1cc(C)n2CCNc1cc(-c2ccc(CO)c(C)c2)ncn1. The van der Waals surface area contributed by atoms with Crippen LogP contribution in [0.4, 0.5) is 10.2 Å². The lowest BCUT2D eigenvalue weighted by atomic mass is 10.0. The summed E-state index contributed by atoms with van der Waals surface area (Å²) in [5.41, 5.74) is 5.17. The molecule has 2 aromatic heterocycles. The Morgan fingerprint density at radius 1 is 1.10 bits per heavy atom. The number of aromatic nitrogens is 3. The Hall–Kier alpha value is -3.45. The van der Waals surface area contributed by atoms with Crippen molar-refractivity contribution in [2.45, 2.75) is 27.0 Å². The number of nitrogens with zero attached hydrogens (tertiary/aromatic N) is 3. The maximum absolute atomic E-state index is 14.5. The molecule has 2 aromatic carbocycles. The number of methoxy groups -OCH3 is 1. The predicted molar refractivity (Wildman–Crippen MR) is 120 cm³/mol. The number of hydrogen-bond donors (Lipinski definition) is 2. The van der Waals surface area contributed by atoms with Crippen molar-refractivity contribution in [3.05, 3.63) is 71.4 Å². The summed E-state index contributed by atoms with van der Waals surface area (Å²) < 4.78 is 21.8. The molecule has 0 aliphatic heterocycles. The van der Waals surface area contributed by atoms with Gasteiger partial charge in [0.05, 0.1) is 24.9 Å². The third kappa shape index (κ3) is 4.09. The van der Waals surface area contributed by atoms with Gasteiger partial charge in [-0.2, -0.15) is 0 Å². The zero-order valence-electron chi connectivity index (χ0n) is 17.8. The molecule has 0 fully saturated rings. The molecule has 4 rings (SSSR count). The van der Waals surface area contributed by atoms with Gasteiger partial charge in [0.2, 0.25) is 0 Å². The number of hydrogen-bond acceptors (Lipinski definition) is 5. The summed E-state index contributed by atoms with van der Waals surface area (Å²) in [6.07, 6.45) is 1.52. The van der Waals surface area contributed by atoms with E-state index in [-0.39, 0.29) is 12.4 Å². The highest BCUT2D eigenvalue weighted by Crippen LogP contribution is 2.31. The molecule has 2 N–H and O–H groups in total. The predicted octanol–water partition coefficient (Wildman–Crippen LogP) is 4.47. The van der Waals surface area contributed by atoms with Crippen molar-refractivity contribution in [1.29, 1.82) is 0 Å². The Bertz CT molecular complexity index is 1240. The summed E-state index contributed by atoms with van der Waals surface area (Å²) >= 11 is 0. The summed E-state index contributed by atoms with van der Waals surface area (Å²) in [5.74, 6) is 1.09. The number of benzene rings is 2. The maximum atomic E-state index is 14.5. The van der Waals surface area contributed by atoms with Gasteiger partial charge in [-0.25, -0.2) is 14.4 Å². The molecule has 6 nitrogen and oxygen atoms in total. The van der Waals surface area contributed by atoms with Gasteiger partial charge < -0.3 is 19.7 Å². The number of fused-ring (bicyclic) bond motifs is 1. The van der Waals surface area contributed by atoms with Gasteiger partial charge in [0.15, 0.2) is 0 Å². The summed E-state index contributed by atoms with van der Waals surface area (Å²) in [5, 5.41) is 13.4. The largest absolute Gasteiger partial charge is 0.496 e. The molecule has 0 saturated heterocycles. The molecular weight excluding hydrogens is 395 g/mol. The highest BCUT2D eigenvalue weighted by Gasteiger charge is 2.14. The van der Waals surface area contributed by atoms with Crippen molar-refractivity contribution in [1.82, 2.24) is 14.5 Å². The van der Waals surface area contributed by atoms with E-state index >= 15 is 0 Å². The molecule has 0 spiro atoms. The number of aryl methyl sites for hydroxylation is 2. The van der Waals surface area contributed by atoms with Crippen LogP contribution in [-0.4, -0.2) is 33.3 Å². The molecule has 0 aliphatic rings.